The van der Waals surface area contributed by atoms with Crippen LogP contribution in [0.25, 0.3) is 0 Å². The number of anilines is 1. The van der Waals surface area contributed by atoms with Crippen molar-refractivity contribution < 1.29 is 23.9 Å². The first-order valence-corrected chi connectivity index (χ1v) is 10.5. The molecule has 0 aromatic heterocycles. The summed E-state index contributed by atoms with van der Waals surface area (Å²) >= 11 is 3.36. The number of hydrogen-bond acceptors (Lipinski definition) is 6. The molecule has 0 unspecified atom stereocenters. The van der Waals surface area contributed by atoms with Gasteiger partial charge in [0.05, 0.1) is 12.8 Å². The van der Waals surface area contributed by atoms with Crippen LogP contribution in [0.4, 0.5) is 5.69 Å². The third kappa shape index (κ3) is 7.78. The molecule has 10 heteroatoms. The highest BCUT2D eigenvalue weighted by atomic mass is 79.9. The summed E-state index contributed by atoms with van der Waals surface area (Å²) in [6.45, 7) is 4.11. The SMILES string of the molecule is COCCNC(=O)C(=O)N/N=C\c1cc(Br)ccc1OCC(=O)Nc1c(C)cccc1C. The number of nitrogens with zero attached hydrogens (tertiary/aromatic N) is 1. The molecule has 0 atom stereocenters. The number of ether oxygens (including phenoxy) is 2. The molecule has 2 aromatic rings. The Labute approximate surface area is 194 Å². The molecule has 0 saturated heterocycles. The van der Waals surface area contributed by atoms with Crippen LogP contribution in [0.5, 0.6) is 5.75 Å². The largest absolute Gasteiger partial charge is 0.483 e. The standard InChI is InChI=1S/C22H25BrN4O5/c1-14-5-4-6-15(2)20(14)26-19(28)13-32-18-8-7-17(23)11-16(18)12-25-27-22(30)21(29)24-9-10-31-3/h4-8,11-12H,9-10,13H2,1-3H3,(H,24,29)(H,26,28)(H,27,30)/b25-12-. The number of halogens is 1. The van der Waals surface area contributed by atoms with Crippen LogP contribution >= 0.6 is 15.9 Å². The van der Waals surface area contributed by atoms with Gasteiger partial charge in [0.2, 0.25) is 0 Å². The Kier molecular flexibility index (Phi) is 9.83. The van der Waals surface area contributed by atoms with Crippen molar-refractivity contribution in [2.75, 3.05) is 32.2 Å². The van der Waals surface area contributed by atoms with Crippen molar-refractivity contribution in [2.24, 2.45) is 5.10 Å². The zero-order chi connectivity index (χ0) is 23.5. The molecule has 0 aliphatic heterocycles. The van der Waals surface area contributed by atoms with E-state index in [2.05, 4.69) is 37.1 Å². The minimum atomic E-state index is -0.914. The Bertz CT molecular complexity index is 990. The van der Waals surface area contributed by atoms with Gasteiger partial charge in [0, 0.05) is 29.4 Å². The number of benzene rings is 2. The fourth-order valence-corrected chi connectivity index (χ4v) is 3.02. The van der Waals surface area contributed by atoms with E-state index >= 15 is 0 Å². The minimum Gasteiger partial charge on any atom is -0.483 e. The van der Waals surface area contributed by atoms with E-state index in [0.717, 1.165) is 21.3 Å². The van der Waals surface area contributed by atoms with Gasteiger partial charge >= 0.3 is 11.8 Å². The van der Waals surface area contributed by atoms with E-state index in [0.29, 0.717) is 11.3 Å². The lowest BCUT2D eigenvalue weighted by Gasteiger charge is -2.13. The van der Waals surface area contributed by atoms with E-state index in [1.165, 1.54) is 13.3 Å². The van der Waals surface area contributed by atoms with E-state index in [1.54, 1.807) is 18.2 Å². The lowest BCUT2D eigenvalue weighted by molar-refractivity contribution is -0.139. The van der Waals surface area contributed by atoms with Crippen molar-refractivity contribution in [1.29, 1.82) is 0 Å². The van der Waals surface area contributed by atoms with E-state index in [4.69, 9.17) is 9.47 Å². The maximum Gasteiger partial charge on any atom is 0.329 e. The number of rotatable bonds is 9. The summed E-state index contributed by atoms with van der Waals surface area (Å²) in [6, 6.07) is 10.9. The lowest BCUT2D eigenvalue weighted by Crippen LogP contribution is -2.39. The number of hydrazone groups is 1. The minimum absolute atomic E-state index is 0.209. The summed E-state index contributed by atoms with van der Waals surface area (Å²) in [4.78, 5) is 35.7. The monoisotopic (exact) mass is 504 g/mol. The predicted molar refractivity (Wildman–Crippen MR) is 125 cm³/mol. The van der Waals surface area contributed by atoms with Gasteiger partial charge in [-0.25, -0.2) is 5.43 Å². The first-order chi connectivity index (χ1) is 15.3. The molecule has 9 nitrogen and oxygen atoms in total. The second-order valence-electron chi connectivity index (χ2n) is 6.73. The Morgan fingerprint density at radius 1 is 1.09 bits per heavy atom. The van der Waals surface area contributed by atoms with Crippen LogP contribution in [0.3, 0.4) is 0 Å². The molecular formula is C22H25BrN4O5. The molecule has 0 fully saturated rings. The molecule has 2 rings (SSSR count). The lowest BCUT2D eigenvalue weighted by atomic mass is 10.1. The second kappa shape index (κ2) is 12.6. The van der Waals surface area contributed by atoms with Crippen molar-refractivity contribution in [3.8, 4) is 5.75 Å². The molecule has 0 aliphatic rings. The quantitative estimate of drug-likeness (QED) is 0.209. The van der Waals surface area contributed by atoms with Gasteiger partial charge in [-0.15, -0.1) is 0 Å². The van der Waals surface area contributed by atoms with Crippen molar-refractivity contribution >= 4 is 45.6 Å². The molecule has 2 aromatic carbocycles. The molecule has 170 valence electrons. The molecule has 0 heterocycles. The topological polar surface area (TPSA) is 118 Å². The molecule has 0 aliphatic carbocycles. The number of nitrogens with one attached hydrogen (secondary N) is 3. The summed E-state index contributed by atoms with van der Waals surface area (Å²) in [5, 5.41) is 9.03. The Hall–Kier alpha value is -3.24. The van der Waals surface area contributed by atoms with Crippen LogP contribution in [-0.2, 0) is 19.1 Å². The molecule has 3 N–H and O–H groups in total. The van der Waals surface area contributed by atoms with E-state index < -0.39 is 11.8 Å². The van der Waals surface area contributed by atoms with Crippen LogP contribution in [0.1, 0.15) is 16.7 Å². The molecular weight excluding hydrogens is 480 g/mol. The van der Waals surface area contributed by atoms with E-state index in [9.17, 15) is 14.4 Å². The summed E-state index contributed by atoms with van der Waals surface area (Å²) in [5.41, 5.74) is 5.31. The highest BCUT2D eigenvalue weighted by molar-refractivity contribution is 9.10. The van der Waals surface area contributed by atoms with E-state index in [1.807, 2.05) is 32.0 Å². The number of aryl methyl sites for hydroxylation is 2. The Morgan fingerprint density at radius 3 is 2.50 bits per heavy atom. The molecule has 0 spiro atoms. The average molecular weight is 505 g/mol. The molecule has 3 amide bonds. The van der Waals surface area contributed by atoms with Crippen LogP contribution in [0.2, 0.25) is 0 Å². The average Bonchev–Trinajstić information content (AvgIpc) is 2.75. The maximum absolute atomic E-state index is 12.4. The van der Waals surface area contributed by atoms with Gasteiger partial charge in [0.25, 0.3) is 5.91 Å². The smallest absolute Gasteiger partial charge is 0.329 e. The van der Waals surface area contributed by atoms with Crippen molar-refractivity contribution in [1.82, 2.24) is 10.7 Å². The molecule has 0 saturated carbocycles. The van der Waals surface area contributed by atoms with Crippen molar-refractivity contribution in [3.05, 3.63) is 57.6 Å². The predicted octanol–water partition coefficient (Wildman–Crippen LogP) is 2.30. The van der Waals surface area contributed by atoms with Crippen molar-refractivity contribution in [3.63, 3.8) is 0 Å². The zero-order valence-electron chi connectivity index (χ0n) is 18.0. The summed E-state index contributed by atoms with van der Waals surface area (Å²) in [6.07, 6.45) is 1.32. The van der Waals surface area contributed by atoms with Crippen LogP contribution in [-0.4, -0.2) is 50.8 Å². The number of hydrogen-bond donors (Lipinski definition) is 3. The van der Waals surface area contributed by atoms with Gasteiger partial charge in [0.1, 0.15) is 5.75 Å². The third-order valence-corrected chi connectivity index (χ3v) is 4.74. The normalized spacial score (nSPS) is 10.6. The van der Waals surface area contributed by atoms with Gasteiger partial charge in [-0.05, 0) is 43.2 Å². The Balaban J connectivity index is 1.97. The highest BCUT2D eigenvalue weighted by Gasteiger charge is 2.12. The number of carbonyl (C=O) groups excluding carboxylic acids is 3. The van der Waals surface area contributed by atoms with Gasteiger partial charge in [-0.1, -0.05) is 34.1 Å². The third-order valence-electron chi connectivity index (χ3n) is 4.24. The molecule has 0 bridgehead atoms. The van der Waals surface area contributed by atoms with E-state index in [-0.39, 0.29) is 25.7 Å². The second-order valence-corrected chi connectivity index (χ2v) is 7.65. The number of carbonyl (C=O) groups is 3. The first kappa shape index (κ1) is 25.0. The van der Waals surface area contributed by atoms with Crippen LogP contribution in [0.15, 0.2) is 46.0 Å². The summed E-state index contributed by atoms with van der Waals surface area (Å²) in [5.74, 6) is -1.67. The Morgan fingerprint density at radius 2 is 1.81 bits per heavy atom. The number of methoxy groups -OCH3 is 1. The fourth-order valence-electron chi connectivity index (χ4n) is 2.64. The fraction of sp³-hybridized carbons (Fsp3) is 0.273. The van der Waals surface area contributed by atoms with Gasteiger partial charge < -0.3 is 20.1 Å². The molecule has 0 radical (unpaired) electrons. The number of amides is 3. The molecule has 32 heavy (non-hydrogen) atoms. The summed E-state index contributed by atoms with van der Waals surface area (Å²) in [7, 11) is 1.49. The van der Waals surface area contributed by atoms with Crippen LogP contribution < -0.4 is 20.8 Å². The van der Waals surface area contributed by atoms with Gasteiger partial charge in [-0.3, -0.25) is 14.4 Å². The van der Waals surface area contributed by atoms with Gasteiger partial charge in [-0.2, -0.15) is 5.10 Å². The van der Waals surface area contributed by atoms with Crippen LogP contribution in [0, 0.1) is 13.8 Å². The highest BCUT2D eigenvalue weighted by Crippen LogP contribution is 2.22. The number of para-hydroxylation sites is 1. The first-order valence-electron chi connectivity index (χ1n) is 9.70. The maximum atomic E-state index is 12.4. The summed E-state index contributed by atoms with van der Waals surface area (Å²) < 4.78 is 11.2. The zero-order valence-corrected chi connectivity index (χ0v) is 19.6. The van der Waals surface area contributed by atoms with Gasteiger partial charge in [0.15, 0.2) is 6.61 Å². The van der Waals surface area contributed by atoms with Crippen molar-refractivity contribution in [2.45, 2.75) is 13.8 Å².